The monoisotopic (exact) mass is 248 g/mol. The first kappa shape index (κ1) is 9.82. The zero-order chi connectivity index (χ0) is 11.1. The number of hydrogen-bond donors (Lipinski definition) is 0. The lowest BCUT2D eigenvalue weighted by Crippen LogP contribution is -1.87. The van der Waals surface area contributed by atoms with E-state index in [1.165, 1.54) is 0 Å². The van der Waals surface area contributed by atoms with Gasteiger partial charge < -0.3 is 0 Å². The Hall–Kier alpha value is -1.38. The van der Waals surface area contributed by atoms with Crippen molar-refractivity contribution in [1.29, 1.82) is 0 Å². The molecule has 0 unspecified atom stereocenters. The third-order valence-electron chi connectivity index (χ3n) is 2.56. The minimum atomic E-state index is 0.380. The first-order valence-corrected chi connectivity index (χ1v) is 5.51. The Labute approximate surface area is 102 Å². The van der Waals surface area contributed by atoms with E-state index in [1.54, 1.807) is 0 Å². The van der Waals surface area contributed by atoms with Gasteiger partial charge in [-0.1, -0.05) is 47.5 Å². The number of rotatable bonds is 0. The average Bonchev–Trinajstić information content (AvgIpc) is 2.32. The standard InChI is InChI=1S/C12H6Cl2N2/c13-11-9-5-7-3-1-2-4-8(7)6-10(9)12(14)16-15-11/h1-6H. The summed E-state index contributed by atoms with van der Waals surface area (Å²) in [6.07, 6.45) is 0. The van der Waals surface area contributed by atoms with E-state index in [-0.39, 0.29) is 0 Å². The first-order valence-electron chi connectivity index (χ1n) is 4.76. The summed E-state index contributed by atoms with van der Waals surface area (Å²) in [6, 6.07) is 12.0. The highest BCUT2D eigenvalue weighted by molar-refractivity contribution is 6.38. The minimum Gasteiger partial charge on any atom is -0.136 e. The van der Waals surface area contributed by atoms with E-state index in [4.69, 9.17) is 23.2 Å². The van der Waals surface area contributed by atoms with Gasteiger partial charge in [-0.3, -0.25) is 0 Å². The molecule has 1 aromatic heterocycles. The summed E-state index contributed by atoms with van der Waals surface area (Å²) in [5.74, 6) is 0. The molecule has 0 bridgehead atoms. The first-order chi connectivity index (χ1) is 7.75. The van der Waals surface area contributed by atoms with Gasteiger partial charge in [-0.05, 0) is 22.9 Å². The van der Waals surface area contributed by atoms with Crippen molar-refractivity contribution in [2.75, 3.05) is 0 Å². The van der Waals surface area contributed by atoms with Crippen LogP contribution >= 0.6 is 23.2 Å². The van der Waals surface area contributed by atoms with E-state index in [2.05, 4.69) is 10.2 Å². The Morgan fingerprint density at radius 3 is 1.62 bits per heavy atom. The van der Waals surface area contributed by atoms with Crippen molar-refractivity contribution in [2.24, 2.45) is 0 Å². The smallest absolute Gasteiger partial charge is 0.136 e. The van der Waals surface area contributed by atoms with Crippen LogP contribution in [0.25, 0.3) is 21.5 Å². The van der Waals surface area contributed by atoms with Gasteiger partial charge in [0.15, 0.2) is 10.3 Å². The van der Waals surface area contributed by atoms with Crippen LogP contribution in [0.5, 0.6) is 0 Å². The number of benzene rings is 2. The van der Waals surface area contributed by atoms with Crippen LogP contribution in [0.2, 0.25) is 10.3 Å². The minimum absolute atomic E-state index is 0.380. The number of halogens is 2. The van der Waals surface area contributed by atoms with E-state index in [9.17, 15) is 0 Å². The van der Waals surface area contributed by atoms with E-state index >= 15 is 0 Å². The quantitative estimate of drug-likeness (QED) is 0.561. The molecule has 3 aromatic rings. The van der Waals surface area contributed by atoms with Crippen molar-refractivity contribution in [1.82, 2.24) is 10.2 Å². The van der Waals surface area contributed by atoms with Gasteiger partial charge in [-0.25, -0.2) is 0 Å². The van der Waals surface area contributed by atoms with Crippen LogP contribution in [-0.2, 0) is 0 Å². The molecule has 0 aliphatic rings. The molecule has 4 heteroatoms. The second-order valence-corrected chi connectivity index (χ2v) is 4.24. The van der Waals surface area contributed by atoms with E-state index in [0.29, 0.717) is 10.3 Å². The van der Waals surface area contributed by atoms with Crippen LogP contribution in [0, 0.1) is 0 Å². The highest BCUT2D eigenvalue weighted by Crippen LogP contribution is 2.30. The SMILES string of the molecule is Clc1nnc(Cl)c2cc3ccccc3cc12. The Morgan fingerprint density at radius 2 is 1.19 bits per heavy atom. The third kappa shape index (κ3) is 1.42. The molecule has 2 aromatic carbocycles. The average molecular weight is 249 g/mol. The third-order valence-corrected chi connectivity index (χ3v) is 3.11. The summed E-state index contributed by atoms with van der Waals surface area (Å²) in [6.45, 7) is 0. The maximum Gasteiger partial charge on any atom is 0.159 e. The molecule has 0 spiro atoms. The van der Waals surface area contributed by atoms with E-state index in [0.717, 1.165) is 21.5 Å². The summed E-state index contributed by atoms with van der Waals surface area (Å²) >= 11 is 12.0. The van der Waals surface area contributed by atoms with Gasteiger partial charge in [0.1, 0.15) is 0 Å². The molecule has 0 aliphatic carbocycles. The number of aromatic nitrogens is 2. The fourth-order valence-corrected chi connectivity index (χ4v) is 2.17. The van der Waals surface area contributed by atoms with Gasteiger partial charge in [0, 0.05) is 10.8 Å². The van der Waals surface area contributed by atoms with Crippen LogP contribution in [-0.4, -0.2) is 10.2 Å². The molecule has 0 saturated carbocycles. The Bertz CT molecular complexity index is 635. The van der Waals surface area contributed by atoms with Crippen molar-refractivity contribution in [3.05, 3.63) is 46.7 Å². The predicted octanol–water partition coefficient (Wildman–Crippen LogP) is 4.09. The van der Waals surface area contributed by atoms with Crippen molar-refractivity contribution in [3.8, 4) is 0 Å². The van der Waals surface area contributed by atoms with Crippen LogP contribution in [0.4, 0.5) is 0 Å². The number of hydrogen-bond acceptors (Lipinski definition) is 2. The molecule has 78 valence electrons. The lowest BCUT2D eigenvalue weighted by Gasteiger charge is -2.03. The van der Waals surface area contributed by atoms with Gasteiger partial charge in [-0.2, -0.15) is 0 Å². The molecule has 0 saturated heterocycles. The Morgan fingerprint density at radius 1 is 0.750 bits per heavy atom. The van der Waals surface area contributed by atoms with Crippen molar-refractivity contribution < 1.29 is 0 Å². The molecule has 2 nitrogen and oxygen atoms in total. The van der Waals surface area contributed by atoms with E-state index in [1.807, 2.05) is 36.4 Å². The molecule has 0 fully saturated rings. The summed E-state index contributed by atoms with van der Waals surface area (Å²) in [4.78, 5) is 0. The van der Waals surface area contributed by atoms with Crippen LogP contribution < -0.4 is 0 Å². The van der Waals surface area contributed by atoms with Crippen LogP contribution in [0.1, 0.15) is 0 Å². The fraction of sp³-hybridized carbons (Fsp3) is 0. The Balaban J connectivity index is 2.56. The van der Waals surface area contributed by atoms with Crippen LogP contribution in [0.15, 0.2) is 36.4 Å². The molecule has 0 aliphatic heterocycles. The van der Waals surface area contributed by atoms with Gasteiger partial charge in [0.05, 0.1) is 0 Å². The maximum atomic E-state index is 6.00. The van der Waals surface area contributed by atoms with E-state index < -0.39 is 0 Å². The molecule has 0 radical (unpaired) electrons. The number of nitrogens with zero attached hydrogens (tertiary/aromatic N) is 2. The normalized spacial score (nSPS) is 11.1. The van der Waals surface area contributed by atoms with Crippen molar-refractivity contribution >= 4 is 44.7 Å². The van der Waals surface area contributed by atoms with Crippen LogP contribution in [0.3, 0.4) is 0 Å². The van der Waals surface area contributed by atoms with Gasteiger partial charge in [-0.15, -0.1) is 10.2 Å². The summed E-state index contributed by atoms with van der Waals surface area (Å²) in [5, 5.41) is 12.2. The fourth-order valence-electron chi connectivity index (χ4n) is 1.78. The lowest BCUT2D eigenvalue weighted by molar-refractivity contribution is 1.05. The molecule has 0 N–H and O–H groups in total. The second kappa shape index (κ2) is 3.58. The summed E-state index contributed by atoms with van der Waals surface area (Å²) < 4.78 is 0. The Kier molecular flexibility index (Phi) is 2.20. The number of fused-ring (bicyclic) bond motifs is 2. The highest BCUT2D eigenvalue weighted by Gasteiger charge is 2.07. The van der Waals surface area contributed by atoms with Gasteiger partial charge in [0.25, 0.3) is 0 Å². The zero-order valence-corrected chi connectivity index (χ0v) is 9.63. The molecule has 16 heavy (non-hydrogen) atoms. The van der Waals surface area contributed by atoms with Gasteiger partial charge in [0.2, 0.25) is 0 Å². The topological polar surface area (TPSA) is 25.8 Å². The highest BCUT2D eigenvalue weighted by atomic mass is 35.5. The maximum absolute atomic E-state index is 6.00. The molecule has 0 atom stereocenters. The van der Waals surface area contributed by atoms with Crippen molar-refractivity contribution in [3.63, 3.8) is 0 Å². The second-order valence-electron chi connectivity index (χ2n) is 3.53. The lowest BCUT2D eigenvalue weighted by atomic mass is 10.1. The molecular weight excluding hydrogens is 243 g/mol. The molecular formula is C12H6Cl2N2. The zero-order valence-electron chi connectivity index (χ0n) is 8.11. The molecule has 1 heterocycles. The molecule has 0 amide bonds. The summed E-state index contributed by atoms with van der Waals surface area (Å²) in [7, 11) is 0. The van der Waals surface area contributed by atoms with Gasteiger partial charge >= 0.3 is 0 Å². The predicted molar refractivity (Wildman–Crippen MR) is 67.1 cm³/mol. The largest absolute Gasteiger partial charge is 0.159 e. The summed E-state index contributed by atoms with van der Waals surface area (Å²) in [5.41, 5.74) is 0. The molecule has 3 rings (SSSR count). The van der Waals surface area contributed by atoms with Crippen molar-refractivity contribution in [2.45, 2.75) is 0 Å².